The minimum absolute atomic E-state index is 0.170. The highest BCUT2D eigenvalue weighted by Crippen LogP contribution is 2.43. The van der Waals surface area contributed by atoms with E-state index in [0.29, 0.717) is 11.4 Å². The summed E-state index contributed by atoms with van der Waals surface area (Å²) in [6.45, 7) is 3.71. The summed E-state index contributed by atoms with van der Waals surface area (Å²) in [5.41, 5.74) is 1.21. The standard InChI is InChI=1S/C24H28N6O3S/c1-30-12-18(13-30)32-17-2-3-21(26-10-17)29-23-27-11-20(34-23)19-6-9-25-22(28-19)33-16-4-7-24(8-5-16)14-31-15-24/h2-3,6,9-11,16,18H,4-5,7-8,12-15H2,1H3,(H,26,27,29). The van der Waals surface area contributed by atoms with E-state index in [9.17, 15) is 0 Å². The summed E-state index contributed by atoms with van der Waals surface area (Å²) >= 11 is 1.52. The van der Waals surface area contributed by atoms with Crippen LogP contribution in [0.4, 0.5) is 10.9 Å². The maximum Gasteiger partial charge on any atom is 0.317 e. The Kier molecular flexibility index (Phi) is 5.80. The van der Waals surface area contributed by atoms with Crippen molar-refractivity contribution in [3.05, 3.63) is 36.8 Å². The third-order valence-corrected chi connectivity index (χ3v) is 7.71. The Morgan fingerprint density at radius 2 is 1.88 bits per heavy atom. The van der Waals surface area contributed by atoms with Crippen molar-refractivity contribution in [1.82, 2.24) is 24.8 Å². The van der Waals surface area contributed by atoms with Crippen LogP contribution in [0.3, 0.4) is 0 Å². The highest BCUT2D eigenvalue weighted by Gasteiger charge is 2.42. The van der Waals surface area contributed by atoms with Gasteiger partial charge in [0.15, 0.2) is 5.13 Å². The molecule has 5 heterocycles. The Balaban J connectivity index is 1.05. The molecule has 1 saturated carbocycles. The van der Waals surface area contributed by atoms with Crippen LogP contribution in [0.1, 0.15) is 25.7 Å². The molecule has 1 N–H and O–H groups in total. The number of anilines is 2. The normalized spacial score (nSPS) is 20.5. The number of pyridine rings is 1. The molecule has 3 aromatic rings. The maximum atomic E-state index is 6.12. The molecule has 0 amide bonds. The first-order chi connectivity index (χ1) is 16.6. The van der Waals surface area contributed by atoms with E-state index in [2.05, 4.69) is 37.2 Å². The highest BCUT2D eigenvalue weighted by molar-refractivity contribution is 7.18. The van der Waals surface area contributed by atoms with Crippen LogP contribution in [0.15, 0.2) is 36.8 Å². The second-order valence-corrected chi connectivity index (χ2v) is 10.6. The van der Waals surface area contributed by atoms with Gasteiger partial charge in [0.25, 0.3) is 0 Å². The first-order valence-electron chi connectivity index (χ1n) is 11.7. The molecule has 0 atom stereocenters. The third-order valence-electron chi connectivity index (χ3n) is 6.78. The van der Waals surface area contributed by atoms with Gasteiger partial charge in [0.1, 0.15) is 23.8 Å². The third kappa shape index (κ3) is 4.70. The smallest absolute Gasteiger partial charge is 0.317 e. The molecule has 2 aliphatic heterocycles. The van der Waals surface area contributed by atoms with Gasteiger partial charge < -0.3 is 19.5 Å². The first-order valence-corrected chi connectivity index (χ1v) is 12.6. The lowest BCUT2D eigenvalue weighted by atomic mass is 9.72. The molecule has 178 valence electrons. The van der Waals surface area contributed by atoms with Crippen molar-refractivity contribution in [3.8, 4) is 22.3 Å². The van der Waals surface area contributed by atoms with E-state index in [-0.39, 0.29) is 12.2 Å². The number of likely N-dealkylation sites (tertiary alicyclic amines) is 1. The summed E-state index contributed by atoms with van der Waals surface area (Å²) in [7, 11) is 2.08. The van der Waals surface area contributed by atoms with Gasteiger partial charge in [0.05, 0.1) is 30.0 Å². The SMILES string of the molecule is CN1CC(Oc2ccc(Nc3ncc(-c4ccnc(OC5CCC6(CC5)COC6)n4)s3)nc2)C1. The van der Waals surface area contributed by atoms with Crippen LogP contribution < -0.4 is 14.8 Å². The van der Waals surface area contributed by atoms with Gasteiger partial charge in [-0.1, -0.05) is 11.3 Å². The van der Waals surface area contributed by atoms with Crippen LogP contribution in [0, 0.1) is 5.41 Å². The van der Waals surface area contributed by atoms with Crippen molar-refractivity contribution >= 4 is 22.3 Å². The Morgan fingerprint density at radius 3 is 2.59 bits per heavy atom. The fourth-order valence-electron chi connectivity index (χ4n) is 4.68. The monoisotopic (exact) mass is 480 g/mol. The van der Waals surface area contributed by atoms with Gasteiger partial charge in [-0.2, -0.15) is 4.98 Å². The van der Waals surface area contributed by atoms with E-state index in [1.165, 1.54) is 11.3 Å². The Labute approximate surface area is 202 Å². The van der Waals surface area contributed by atoms with Crippen molar-refractivity contribution in [2.75, 3.05) is 38.7 Å². The summed E-state index contributed by atoms with van der Waals surface area (Å²) in [4.78, 5) is 21.1. The highest BCUT2D eigenvalue weighted by atomic mass is 32.1. The number of likely N-dealkylation sites (N-methyl/N-ethyl adjacent to an activating group) is 1. The van der Waals surface area contributed by atoms with Crippen molar-refractivity contribution in [3.63, 3.8) is 0 Å². The van der Waals surface area contributed by atoms with Crippen LogP contribution in [0.25, 0.3) is 10.6 Å². The molecule has 0 aromatic carbocycles. The molecule has 1 spiro atoms. The fraction of sp³-hybridized carbons (Fsp3) is 0.500. The van der Waals surface area contributed by atoms with Crippen molar-refractivity contribution in [2.24, 2.45) is 5.41 Å². The minimum atomic E-state index is 0.170. The molecule has 3 fully saturated rings. The summed E-state index contributed by atoms with van der Waals surface area (Å²) in [5.74, 6) is 1.50. The number of nitrogens with one attached hydrogen (secondary N) is 1. The zero-order valence-corrected chi connectivity index (χ0v) is 20.0. The molecular weight excluding hydrogens is 452 g/mol. The molecular formula is C24H28N6O3S. The molecule has 2 saturated heterocycles. The van der Waals surface area contributed by atoms with Crippen LogP contribution >= 0.6 is 11.3 Å². The summed E-state index contributed by atoms with van der Waals surface area (Å²) in [5, 5.41) is 4.00. The maximum absolute atomic E-state index is 6.12. The molecule has 9 nitrogen and oxygen atoms in total. The predicted octanol–water partition coefficient (Wildman–Crippen LogP) is 3.77. The van der Waals surface area contributed by atoms with Gasteiger partial charge >= 0.3 is 6.01 Å². The average molecular weight is 481 g/mol. The van der Waals surface area contributed by atoms with E-state index in [1.54, 1.807) is 12.4 Å². The topological polar surface area (TPSA) is 94.5 Å². The lowest BCUT2D eigenvalue weighted by Gasteiger charge is -2.45. The molecule has 3 aliphatic rings. The number of nitrogens with zero attached hydrogens (tertiary/aromatic N) is 5. The lowest BCUT2D eigenvalue weighted by Crippen LogP contribution is -2.51. The van der Waals surface area contributed by atoms with Gasteiger partial charge in [0.2, 0.25) is 0 Å². The minimum Gasteiger partial charge on any atom is -0.486 e. The Morgan fingerprint density at radius 1 is 1.03 bits per heavy atom. The molecule has 6 rings (SSSR count). The van der Waals surface area contributed by atoms with E-state index in [0.717, 1.165) is 79.3 Å². The number of thiazole rings is 1. The van der Waals surface area contributed by atoms with Crippen LogP contribution in [0.5, 0.6) is 11.8 Å². The lowest BCUT2D eigenvalue weighted by molar-refractivity contribution is -0.140. The largest absolute Gasteiger partial charge is 0.486 e. The summed E-state index contributed by atoms with van der Waals surface area (Å²) in [6, 6.07) is 6.15. The molecule has 34 heavy (non-hydrogen) atoms. The van der Waals surface area contributed by atoms with Crippen LogP contribution in [-0.4, -0.2) is 70.4 Å². The first kappa shape index (κ1) is 21.7. The zero-order chi connectivity index (χ0) is 23.0. The number of ether oxygens (including phenoxy) is 3. The fourth-order valence-corrected chi connectivity index (χ4v) is 5.47. The number of aromatic nitrogens is 4. The molecule has 0 bridgehead atoms. The van der Waals surface area contributed by atoms with Gasteiger partial charge in [-0.15, -0.1) is 0 Å². The summed E-state index contributed by atoms with van der Waals surface area (Å²) in [6.07, 6.45) is 10.1. The van der Waals surface area contributed by atoms with Crippen molar-refractivity contribution in [1.29, 1.82) is 0 Å². The second-order valence-electron chi connectivity index (χ2n) is 9.53. The second kappa shape index (κ2) is 9.09. The van der Waals surface area contributed by atoms with E-state index < -0.39 is 0 Å². The molecule has 3 aromatic heterocycles. The van der Waals surface area contributed by atoms with E-state index >= 15 is 0 Å². The Hall–Kier alpha value is -2.82. The van der Waals surface area contributed by atoms with Gasteiger partial charge in [0, 0.05) is 30.9 Å². The summed E-state index contributed by atoms with van der Waals surface area (Å²) < 4.78 is 17.4. The van der Waals surface area contributed by atoms with Crippen LogP contribution in [0.2, 0.25) is 0 Å². The molecule has 10 heteroatoms. The van der Waals surface area contributed by atoms with Gasteiger partial charge in [-0.05, 0) is 50.9 Å². The quantitative estimate of drug-likeness (QED) is 0.542. The molecule has 0 radical (unpaired) electrons. The van der Waals surface area contributed by atoms with Crippen molar-refractivity contribution < 1.29 is 14.2 Å². The number of hydrogen-bond acceptors (Lipinski definition) is 10. The van der Waals surface area contributed by atoms with E-state index in [4.69, 9.17) is 14.2 Å². The average Bonchev–Trinajstić information content (AvgIpc) is 3.28. The Bertz CT molecular complexity index is 1120. The van der Waals surface area contributed by atoms with Crippen LogP contribution in [-0.2, 0) is 4.74 Å². The van der Waals surface area contributed by atoms with Gasteiger partial charge in [-0.25, -0.2) is 15.0 Å². The molecule has 0 unspecified atom stereocenters. The van der Waals surface area contributed by atoms with E-state index in [1.807, 2.05) is 24.4 Å². The van der Waals surface area contributed by atoms with Gasteiger partial charge in [-0.3, -0.25) is 4.90 Å². The number of hydrogen-bond donors (Lipinski definition) is 1. The predicted molar refractivity (Wildman–Crippen MR) is 129 cm³/mol. The number of rotatable bonds is 7. The van der Waals surface area contributed by atoms with Crippen molar-refractivity contribution in [2.45, 2.75) is 37.9 Å². The zero-order valence-electron chi connectivity index (χ0n) is 19.1. The molecule has 1 aliphatic carbocycles.